The molecule has 1 aromatic carbocycles. The van der Waals surface area contributed by atoms with Gasteiger partial charge in [-0.25, -0.2) is 8.78 Å². The molecule has 1 heterocycles. The molecule has 2 rings (SSSR count). The molecule has 3 nitrogen and oxygen atoms in total. The first-order chi connectivity index (χ1) is 10.4. The second-order valence-corrected chi connectivity index (χ2v) is 5.17. The number of aliphatic hydroxyl groups is 1. The molecule has 0 radical (unpaired) electrons. The van der Waals surface area contributed by atoms with Crippen LogP contribution < -0.4 is 5.56 Å². The minimum Gasteiger partial charge on any atom is -0.379 e. The predicted octanol–water partition coefficient (Wildman–Crippen LogP) is 2.65. The smallest absolute Gasteiger partial charge is 0.256 e. The van der Waals surface area contributed by atoms with Gasteiger partial charge in [0.2, 0.25) is 0 Å². The van der Waals surface area contributed by atoms with E-state index in [1.165, 1.54) is 23.9 Å². The Kier molecular flexibility index (Phi) is 4.79. The number of hydrogen-bond donors (Lipinski definition) is 1. The summed E-state index contributed by atoms with van der Waals surface area (Å²) >= 11 is 2.89. The maximum Gasteiger partial charge on any atom is 0.256 e. The van der Waals surface area contributed by atoms with Crippen molar-refractivity contribution in [2.24, 2.45) is 7.05 Å². The maximum atomic E-state index is 14.1. The number of nitrogens with zero attached hydrogens (tertiary/aromatic N) is 1. The molecule has 0 aliphatic rings. The van der Waals surface area contributed by atoms with Crippen LogP contribution in [0, 0.1) is 22.4 Å². The highest BCUT2D eigenvalue weighted by molar-refractivity contribution is 9.12. The molecule has 1 atom stereocenters. The van der Waals surface area contributed by atoms with Gasteiger partial charge in [0, 0.05) is 41.2 Å². The van der Waals surface area contributed by atoms with Crippen molar-refractivity contribution in [3.05, 3.63) is 69.6 Å². The molecule has 0 saturated carbocycles. The average molecular weight is 368 g/mol. The molecule has 0 saturated heterocycles. The Labute approximate surface area is 134 Å². The van der Waals surface area contributed by atoms with E-state index in [1.54, 1.807) is 6.07 Å². The lowest BCUT2D eigenvalue weighted by Crippen LogP contribution is -2.36. The number of rotatable bonds is 3. The van der Waals surface area contributed by atoms with Crippen molar-refractivity contribution in [1.29, 1.82) is 0 Å². The molecule has 1 aromatic heterocycles. The number of aromatic nitrogens is 1. The standard InChI is InChI=1S/C16H12BrF2NO2/c1-20-9-2-4-12(15(20)21)16(22,7-3-8-17)13-10-11(18)5-6-14(13)19/h2,4-6,9-10,22H,7H2,1H3. The van der Waals surface area contributed by atoms with Crippen LogP contribution in [0.4, 0.5) is 8.78 Å². The lowest BCUT2D eigenvalue weighted by Gasteiger charge is -2.27. The summed E-state index contributed by atoms with van der Waals surface area (Å²) in [7, 11) is 1.50. The fraction of sp³-hybridized carbons (Fsp3) is 0.188. The highest BCUT2D eigenvalue weighted by Gasteiger charge is 2.36. The van der Waals surface area contributed by atoms with Gasteiger partial charge in [-0.2, -0.15) is 0 Å². The molecule has 0 aliphatic carbocycles. The van der Waals surface area contributed by atoms with Gasteiger partial charge in [-0.15, -0.1) is 0 Å². The van der Waals surface area contributed by atoms with E-state index < -0.39 is 22.8 Å². The molecule has 0 amide bonds. The van der Waals surface area contributed by atoms with E-state index in [4.69, 9.17) is 0 Å². The van der Waals surface area contributed by atoms with Crippen LogP contribution in [-0.2, 0) is 12.6 Å². The van der Waals surface area contributed by atoms with Crippen molar-refractivity contribution in [2.45, 2.75) is 12.0 Å². The summed E-state index contributed by atoms with van der Waals surface area (Å²) in [5.41, 5.74) is -2.96. The summed E-state index contributed by atoms with van der Waals surface area (Å²) in [4.78, 5) is 14.7. The number of hydrogen-bond acceptors (Lipinski definition) is 2. The molecule has 1 N–H and O–H groups in total. The van der Waals surface area contributed by atoms with Crippen LogP contribution in [0.1, 0.15) is 17.5 Å². The second-order valence-electron chi connectivity index (χ2n) is 4.77. The minimum absolute atomic E-state index is 0.0720. The summed E-state index contributed by atoms with van der Waals surface area (Å²) in [5, 5.41) is 11.0. The van der Waals surface area contributed by atoms with Crippen molar-refractivity contribution in [2.75, 3.05) is 0 Å². The summed E-state index contributed by atoms with van der Waals surface area (Å²) < 4.78 is 28.9. The average Bonchev–Trinajstić information content (AvgIpc) is 2.50. The molecule has 0 bridgehead atoms. The lowest BCUT2D eigenvalue weighted by molar-refractivity contribution is 0.0801. The van der Waals surface area contributed by atoms with Crippen molar-refractivity contribution in [3.63, 3.8) is 0 Å². The van der Waals surface area contributed by atoms with Gasteiger partial charge in [-0.1, -0.05) is 5.92 Å². The zero-order chi connectivity index (χ0) is 16.3. The van der Waals surface area contributed by atoms with Crippen LogP contribution in [-0.4, -0.2) is 9.67 Å². The molecular formula is C16H12BrF2NO2. The number of aryl methyl sites for hydroxylation is 1. The number of benzene rings is 1. The van der Waals surface area contributed by atoms with Crippen molar-refractivity contribution < 1.29 is 13.9 Å². The Morgan fingerprint density at radius 2 is 2.05 bits per heavy atom. The van der Waals surface area contributed by atoms with E-state index in [0.29, 0.717) is 0 Å². The molecule has 2 aromatic rings. The van der Waals surface area contributed by atoms with Crippen LogP contribution in [0.3, 0.4) is 0 Å². The van der Waals surface area contributed by atoms with Crippen molar-refractivity contribution in [1.82, 2.24) is 4.57 Å². The first-order valence-electron chi connectivity index (χ1n) is 6.32. The van der Waals surface area contributed by atoms with Crippen LogP contribution in [0.25, 0.3) is 0 Å². The first-order valence-corrected chi connectivity index (χ1v) is 7.12. The Hall–Kier alpha value is -1.97. The second kappa shape index (κ2) is 6.42. The monoisotopic (exact) mass is 367 g/mol. The molecule has 0 aliphatic heterocycles. The molecule has 0 fully saturated rings. The quantitative estimate of drug-likeness (QED) is 0.847. The summed E-state index contributed by atoms with van der Waals surface area (Å²) in [6, 6.07) is 5.64. The minimum atomic E-state index is -2.05. The fourth-order valence-electron chi connectivity index (χ4n) is 2.22. The first kappa shape index (κ1) is 16.4. The summed E-state index contributed by atoms with van der Waals surface area (Å²) in [5.74, 6) is 1.03. The Bertz CT molecular complexity index is 823. The highest BCUT2D eigenvalue weighted by Crippen LogP contribution is 2.33. The van der Waals surface area contributed by atoms with Gasteiger partial charge in [0.1, 0.15) is 17.2 Å². The van der Waals surface area contributed by atoms with Gasteiger partial charge in [-0.05, 0) is 35.2 Å². The van der Waals surface area contributed by atoms with Gasteiger partial charge in [0.25, 0.3) is 5.56 Å². The topological polar surface area (TPSA) is 42.2 Å². The third-order valence-corrected chi connectivity index (χ3v) is 3.63. The SMILES string of the molecule is Cn1cccc(C(O)(CC#CBr)c2cc(F)ccc2F)c1=O. The van der Waals surface area contributed by atoms with Gasteiger partial charge in [-0.3, -0.25) is 4.79 Å². The molecule has 1 unspecified atom stereocenters. The van der Waals surface area contributed by atoms with E-state index in [1.807, 2.05) is 0 Å². The van der Waals surface area contributed by atoms with Crippen LogP contribution in [0.15, 0.2) is 41.3 Å². The third kappa shape index (κ3) is 2.96. The number of halogens is 3. The highest BCUT2D eigenvalue weighted by atomic mass is 79.9. The molecule has 22 heavy (non-hydrogen) atoms. The van der Waals surface area contributed by atoms with E-state index in [-0.39, 0.29) is 17.5 Å². The van der Waals surface area contributed by atoms with E-state index in [9.17, 15) is 18.7 Å². The fourth-order valence-corrected chi connectivity index (χ4v) is 2.36. The summed E-state index contributed by atoms with van der Waals surface area (Å²) in [6.45, 7) is 0. The largest absolute Gasteiger partial charge is 0.379 e. The van der Waals surface area contributed by atoms with Crippen LogP contribution >= 0.6 is 15.9 Å². The van der Waals surface area contributed by atoms with Gasteiger partial charge >= 0.3 is 0 Å². The molecule has 0 spiro atoms. The normalized spacial score (nSPS) is 13.1. The third-order valence-electron chi connectivity index (χ3n) is 3.35. The molecular weight excluding hydrogens is 356 g/mol. The Morgan fingerprint density at radius 3 is 2.73 bits per heavy atom. The molecule has 6 heteroatoms. The van der Waals surface area contributed by atoms with Crippen LogP contribution in [0.2, 0.25) is 0 Å². The zero-order valence-corrected chi connectivity index (χ0v) is 13.2. The molecule has 114 valence electrons. The zero-order valence-electron chi connectivity index (χ0n) is 11.6. The van der Waals surface area contributed by atoms with Gasteiger partial charge in [0.05, 0.1) is 5.56 Å². The lowest BCUT2D eigenvalue weighted by atomic mass is 9.84. The Balaban J connectivity index is 2.77. The number of pyridine rings is 1. The Morgan fingerprint density at radius 1 is 1.32 bits per heavy atom. The van der Waals surface area contributed by atoms with Crippen LogP contribution in [0.5, 0.6) is 0 Å². The maximum absolute atomic E-state index is 14.1. The van der Waals surface area contributed by atoms with E-state index in [2.05, 4.69) is 26.7 Å². The predicted molar refractivity (Wildman–Crippen MR) is 82.4 cm³/mol. The van der Waals surface area contributed by atoms with E-state index >= 15 is 0 Å². The van der Waals surface area contributed by atoms with Crippen molar-refractivity contribution in [3.8, 4) is 10.8 Å². The van der Waals surface area contributed by atoms with Gasteiger partial charge < -0.3 is 9.67 Å². The summed E-state index contributed by atoms with van der Waals surface area (Å²) in [6.07, 6.45) is 1.24. The van der Waals surface area contributed by atoms with Gasteiger partial charge in [0.15, 0.2) is 0 Å². The van der Waals surface area contributed by atoms with Crippen molar-refractivity contribution >= 4 is 15.9 Å². The van der Waals surface area contributed by atoms with E-state index in [0.717, 1.165) is 18.2 Å².